The first-order valence-electron chi connectivity index (χ1n) is 8.88. The smallest absolute Gasteiger partial charge is 0.337 e. The molecule has 3 rings (SSSR count). The van der Waals surface area contributed by atoms with Gasteiger partial charge in [0.1, 0.15) is 12.2 Å². The number of rotatable bonds is 3. The SMILES string of the molecule is CC1(C)O[C@H]2[C@@H](OC(=O)[C@H]2O[Si](C)(C)C(C)(C)C)[C@@H](C2SCCS2)O1. The van der Waals surface area contributed by atoms with E-state index in [1.54, 1.807) is 0 Å². The van der Waals surface area contributed by atoms with Gasteiger partial charge in [0.2, 0.25) is 0 Å². The summed E-state index contributed by atoms with van der Waals surface area (Å²) in [7, 11) is -2.12. The molecule has 3 aliphatic heterocycles. The van der Waals surface area contributed by atoms with Crippen LogP contribution in [0.15, 0.2) is 0 Å². The van der Waals surface area contributed by atoms with Gasteiger partial charge in [-0.25, -0.2) is 4.79 Å². The second kappa shape index (κ2) is 6.70. The Morgan fingerprint density at radius 2 is 1.64 bits per heavy atom. The molecule has 0 aliphatic carbocycles. The molecule has 3 saturated heterocycles. The maximum Gasteiger partial charge on any atom is 0.337 e. The van der Waals surface area contributed by atoms with Crippen LogP contribution in [0.3, 0.4) is 0 Å². The molecule has 25 heavy (non-hydrogen) atoms. The molecule has 3 heterocycles. The van der Waals surface area contributed by atoms with Crippen LogP contribution < -0.4 is 0 Å². The Morgan fingerprint density at radius 1 is 1.08 bits per heavy atom. The zero-order chi connectivity index (χ0) is 18.6. The third-order valence-electron chi connectivity index (χ3n) is 5.41. The first-order chi connectivity index (χ1) is 11.4. The molecular formula is C17H30O5S2Si. The van der Waals surface area contributed by atoms with Crippen LogP contribution >= 0.6 is 23.5 Å². The number of hydrogen-bond donors (Lipinski definition) is 0. The third-order valence-corrected chi connectivity index (χ3v) is 13.0. The zero-order valence-electron chi connectivity index (χ0n) is 16.2. The molecule has 0 bridgehead atoms. The number of hydrogen-bond acceptors (Lipinski definition) is 7. The van der Waals surface area contributed by atoms with E-state index >= 15 is 0 Å². The highest BCUT2D eigenvalue weighted by Gasteiger charge is 2.60. The van der Waals surface area contributed by atoms with Crippen molar-refractivity contribution >= 4 is 37.8 Å². The molecule has 0 spiro atoms. The Bertz CT molecular complexity index is 528. The van der Waals surface area contributed by atoms with Gasteiger partial charge in [-0.15, -0.1) is 23.5 Å². The summed E-state index contributed by atoms with van der Waals surface area (Å²) in [6, 6.07) is 0. The largest absolute Gasteiger partial charge is 0.455 e. The first kappa shape index (κ1) is 20.0. The van der Waals surface area contributed by atoms with Gasteiger partial charge in [0.15, 0.2) is 26.3 Å². The van der Waals surface area contributed by atoms with Crippen molar-refractivity contribution in [3.8, 4) is 0 Å². The minimum atomic E-state index is -2.12. The first-order valence-corrected chi connectivity index (χ1v) is 13.9. The van der Waals surface area contributed by atoms with E-state index in [2.05, 4.69) is 33.9 Å². The van der Waals surface area contributed by atoms with Gasteiger partial charge < -0.3 is 18.6 Å². The molecule has 3 aliphatic rings. The van der Waals surface area contributed by atoms with E-state index in [0.29, 0.717) is 0 Å². The van der Waals surface area contributed by atoms with Gasteiger partial charge in [-0.1, -0.05) is 20.8 Å². The number of carbonyl (C=O) groups is 1. The molecule has 3 fully saturated rings. The van der Waals surface area contributed by atoms with Gasteiger partial charge in [-0.2, -0.15) is 0 Å². The van der Waals surface area contributed by atoms with Crippen molar-refractivity contribution in [3.63, 3.8) is 0 Å². The molecule has 0 aromatic carbocycles. The van der Waals surface area contributed by atoms with Crippen LogP contribution in [0.5, 0.6) is 0 Å². The van der Waals surface area contributed by atoms with E-state index in [4.69, 9.17) is 18.6 Å². The third kappa shape index (κ3) is 3.94. The molecule has 0 radical (unpaired) electrons. The second-order valence-corrected chi connectivity index (χ2v) is 16.4. The van der Waals surface area contributed by atoms with Crippen molar-refractivity contribution in [2.75, 3.05) is 11.5 Å². The lowest BCUT2D eigenvalue weighted by Crippen LogP contribution is -2.59. The Hall–Kier alpha value is 0.267. The van der Waals surface area contributed by atoms with Crippen molar-refractivity contribution < 1.29 is 23.4 Å². The van der Waals surface area contributed by atoms with Gasteiger partial charge in [-0.05, 0) is 32.0 Å². The zero-order valence-corrected chi connectivity index (χ0v) is 18.8. The Labute approximate surface area is 160 Å². The van der Waals surface area contributed by atoms with Crippen LogP contribution in [-0.4, -0.2) is 60.6 Å². The van der Waals surface area contributed by atoms with E-state index in [0.717, 1.165) is 11.5 Å². The van der Waals surface area contributed by atoms with E-state index in [1.165, 1.54) is 0 Å². The van der Waals surface area contributed by atoms with Gasteiger partial charge in [0.25, 0.3) is 0 Å². The van der Waals surface area contributed by atoms with Crippen molar-refractivity contribution in [2.24, 2.45) is 0 Å². The second-order valence-electron chi connectivity index (χ2n) is 8.87. The van der Waals surface area contributed by atoms with Crippen molar-refractivity contribution in [3.05, 3.63) is 0 Å². The molecule has 0 aromatic rings. The number of thioether (sulfide) groups is 2. The predicted octanol–water partition coefficient (Wildman–Crippen LogP) is 3.63. The highest BCUT2D eigenvalue weighted by molar-refractivity contribution is 8.20. The van der Waals surface area contributed by atoms with E-state index in [-0.39, 0.29) is 21.7 Å². The van der Waals surface area contributed by atoms with E-state index in [1.807, 2.05) is 37.4 Å². The fourth-order valence-electron chi connectivity index (χ4n) is 3.09. The van der Waals surface area contributed by atoms with E-state index < -0.39 is 32.4 Å². The van der Waals surface area contributed by atoms with Crippen molar-refractivity contribution in [2.45, 2.75) is 87.5 Å². The molecule has 144 valence electrons. The summed E-state index contributed by atoms with van der Waals surface area (Å²) in [4.78, 5) is 12.6. The molecule has 0 unspecified atom stereocenters. The minimum absolute atomic E-state index is 0.0165. The van der Waals surface area contributed by atoms with Crippen LogP contribution in [0.1, 0.15) is 34.6 Å². The van der Waals surface area contributed by atoms with E-state index in [9.17, 15) is 4.79 Å². The van der Waals surface area contributed by atoms with Gasteiger partial charge in [-0.3, -0.25) is 0 Å². The minimum Gasteiger partial charge on any atom is -0.455 e. The van der Waals surface area contributed by atoms with Crippen LogP contribution in [0.4, 0.5) is 0 Å². The summed E-state index contributed by atoms with van der Waals surface area (Å²) < 4.78 is 24.7. The molecule has 0 aromatic heterocycles. The standard InChI is InChI=1S/C17H30O5S2Si/c1-16(2,3)25(6,7)22-12-11-10(19-14(12)18)13(15-23-8-9-24-15)21-17(4,5)20-11/h10-13,15H,8-9H2,1-7H3/t10-,11+,12+,13+/m1/s1. The topological polar surface area (TPSA) is 54.0 Å². The van der Waals surface area contributed by atoms with Gasteiger partial charge in [0.05, 0.1) is 4.58 Å². The summed E-state index contributed by atoms with van der Waals surface area (Å²) >= 11 is 3.75. The number of ether oxygens (including phenoxy) is 3. The molecular weight excluding hydrogens is 376 g/mol. The number of fused-ring (bicyclic) bond motifs is 1. The van der Waals surface area contributed by atoms with Crippen LogP contribution in [0, 0.1) is 0 Å². The summed E-state index contributed by atoms with van der Waals surface area (Å²) in [5, 5.41) is 0.0165. The monoisotopic (exact) mass is 406 g/mol. The quantitative estimate of drug-likeness (QED) is 0.524. The van der Waals surface area contributed by atoms with Crippen molar-refractivity contribution in [1.29, 1.82) is 0 Å². The lowest BCUT2D eigenvalue weighted by Gasteiger charge is -2.45. The number of esters is 1. The molecule has 8 heteroatoms. The highest BCUT2D eigenvalue weighted by atomic mass is 32.2. The van der Waals surface area contributed by atoms with Crippen LogP contribution in [-0.2, 0) is 23.4 Å². The molecule has 0 N–H and O–H groups in total. The summed E-state index contributed by atoms with van der Waals surface area (Å²) in [5.41, 5.74) is 0. The van der Waals surface area contributed by atoms with Gasteiger partial charge >= 0.3 is 5.97 Å². The molecule has 4 atom stereocenters. The summed E-state index contributed by atoms with van der Waals surface area (Å²) in [6.07, 6.45) is -1.62. The average molecular weight is 407 g/mol. The van der Waals surface area contributed by atoms with Crippen LogP contribution in [0.25, 0.3) is 0 Å². The summed E-state index contributed by atoms with van der Waals surface area (Å²) in [5.74, 6) is 1.15. The molecule has 5 nitrogen and oxygen atoms in total. The van der Waals surface area contributed by atoms with Gasteiger partial charge in [0, 0.05) is 11.5 Å². The Kier molecular flexibility index (Phi) is 5.37. The average Bonchev–Trinajstić information content (AvgIpc) is 3.06. The molecule has 0 saturated carbocycles. The van der Waals surface area contributed by atoms with Crippen molar-refractivity contribution in [1.82, 2.24) is 0 Å². The predicted molar refractivity (Wildman–Crippen MR) is 104 cm³/mol. The maximum absolute atomic E-state index is 12.6. The normalized spacial score (nSPS) is 36.4. The summed E-state index contributed by atoms with van der Waals surface area (Å²) in [6.45, 7) is 14.6. The molecule has 0 amide bonds. The lowest BCUT2D eigenvalue weighted by molar-refractivity contribution is -0.323. The fraction of sp³-hybridized carbons (Fsp3) is 0.941. The number of carbonyl (C=O) groups excluding carboxylic acids is 1. The lowest BCUT2D eigenvalue weighted by atomic mass is 10.0. The van der Waals surface area contributed by atoms with Crippen LogP contribution in [0.2, 0.25) is 18.1 Å². The Balaban J connectivity index is 1.84. The Morgan fingerprint density at radius 3 is 2.20 bits per heavy atom. The fourth-order valence-corrected chi connectivity index (χ4v) is 7.31. The highest BCUT2D eigenvalue weighted by Crippen LogP contribution is 2.46. The maximum atomic E-state index is 12.6.